The Morgan fingerprint density at radius 3 is 2.31 bits per heavy atom. The minimum atomic E-state index is -0.341. The maximum absolute atomic E-state index is 11.8. The van der Waals surface area contributed by atoms with Gasteiger partial charge in [-0.15, -0.1) is 0 Å². The van der Waals surface area contributed by atoms with Gasteiger partial charge in [0.1, 0.15) is 0 Å². The van der Waals surface area contributed by atoms with Crippen molar-refractivity contribution in [3.63, 3.8) is 0 Å². The molecule has 0 spiro atoms. The summed E-state index contributed by atoms with van der Waals surface area (Å²) < 4.78 is 10.0. The van der Waals surface area contributed by atoms with E-state index in [-0.39, 0.29) is 18.1 Å². The smallest absolute Gasteiger partial charge is 0.223 e. The Morgan fingerprint density at radius 2 is 1.81 bits per heavy atom. The number of methoxy groups -OCH3 is 2. The third-order valence-corrected chi connectivity index (χ3v) is 3.36. The maximum atomic E-state index is 11.8. The Bertz CT molecular complexity index is 208. The minimum absolute atomic E-state index is 0.144. The molecule has 0 radical (unpaired) electrons. The molecular formula is C12H23NO3. The summed E-state index contributed by atoms with van der Waals surface area (Å²) in [5.74, 6) is 1.10. The Hall–Kier alpha value is -0.610. The molecule has 16 heavy (non-hydrogen) atoms. The summed E-state index contributed by atoms with van der Waals surface area (Å²) >= 11 is 0. The average Bonchev–Trinajstić information content (AvgIpc) is 2.31. The van der Waals surface area contributed by atoms with Crippen LogP contribution < -0.4 is 5.32 Å². The van der Waals surface area contributed by atoms with Crippen molar-refractivity contribution in [2.75, 3.05) is 20.8 Å². The molecule has 1 N–H and O–H groups in total. The fourth-order valence-electron chi connectivity index (χ4n) is 2.11. The first-order valence-electron chi connectivity index (χ1n) is 6.00. The first-order valence-corrected chi connectivity index (χ1v) is 6.00. The summed E-state index contributed by atoms with van der Waals surface area (Å²) in [6.07, 6.45) is 4.01. The van der Waals surface area contributed by atoms with E-state index in [1.165, 1.54) is 0 Å². The zero-order valence-electron chi connectivity index (χ0n) is 10.5. The zero-order chi connectivity index (χ0) is 12.0. The number of carbonyl (C=O) groups is 1. The van der Waals surface area contributed by atoms with Crippen LogP contribution in [0.5, 0.6) is 0 Å². The lowest BCUT2D eigenvalue weighted by atomic mass is 9.82. The van der Waals surface area contributed by atoms with Gasteiger partial charge in [-0.3, -0.25) is 4.79 Å². The SMILES string of the molecule is COC(CNC(=O)C1CCC(C)CC1)OC. The van der Waals surface area contributed by atoms with E-state index in [2.05, 4.69) is 12.2 Å². The van der Waals surface area contributed by atoms with Gasteiger partial charge in [-0.05, 0) is 31.6 Å². The fraction of sp³-hybridized carbons (Fsp3) is 0.917. The van der Waals surface area contributed by atoms with Gasteiger partial charge in [0, 0.05) is 20.1 Å². The molecule has 4 heteroatoms. The molecule has 0 unspecified atom stereocenters. The predicted octanol–water partition coefficient (Wildman–Crippen LogP) is 1.55. The molecule has 0 aromatic heterocycles. The predicted molar refractivity (Wildman–Crippen MR) is 61.9 cm³/mol. The third-order valence-electron chi connectivity index (χ3n) is 3.36. The number of amides is 1. The van der Waals surface area contributed by atoms with Crippen molar-refractivity contribution in [1.29, 1.82) is 0 Å². The van der Waals surface area contributed by atoms with Gasteiger partial charge in [-0.25, -0.2) is 0 Å². The second kappa shape index (κ2) is 6.86. The van der Waals surface area contributed by atoms with Crippen molar-refractivity contribution in [3.05, 3.63) is 0 Å². The van der Waals surface area contributed by atoms with Crippen molar-refractivity contribution in [3.8, 4) is 0 Å². The fourth-order valence-corrected chi connectivity index (χ4v) is 2.11. The molecule has 0 aromatic rings. The van der Waals surface area contributed by atoms with Crippen LogP contribution in [0.4, 0.5) is 0 Å². The van der Waals surface area contributed by atoms with Gasteiger partial charge in [0.05, 0.1) is 6.54 Å². The van der Waals surface area contributed by atoms with Crippen LogP contribution in [0.3, 0.4) is 0 Å². The van der Waals surface area contributed by atoms with Gasteiger partial charge in [0.15, 0.2) is 6.29 Å². The van der Waals surface area contributed by atoms with Gasteiger partial charge < -0.3 is 14.8 Å². The van der Waals surface area contributed by atoms with Crippen LogP contribution in [0.15, 0.2) is 0 Å². The Kier molecular flexibility index (Phi) is 5.77. The first-order chi connectivity index (χ1) is 7.67. The molecule has 1 saturated carbocycles. The maximum Gasteiger partial charge on any atom is 0.223 e. The molecule has 1 fully saturated rings. The van der Waals surface area contributed by atoms with E-state index in [1.54, 1.807) is 14.2 Å². The molecule has 0 atom stereocenters. The minimum Gasteiger partial charge on any atom is -0.354 e. The van der Waals surface area contributed by atoms with Gasteiger partial charge in [0.2, 0.25) is 5.91 Å². The monoisotopic (exact) mass is 229 g/mol. The molecule has 1 amide bonds. The van der Waals surface area contributed by atoms with Crippen LogP contribution in [-0.4, -0.2) is 33.0 Å². The second-order valence-electron chi connectivity index (χ2n) is 4.60. The van der Waals surface area contributed by atoms with Crippen LogP contribution in [0.1, 0.15) is 32.6 Å². The molecule has 94 valence electrons. The van der Waals surface area contributed by atoms with Gasteiger partial charge in [0.25, 0.3) is 0 Å². The highest BCUT2D eigenvalue weighted by Gasteiger charge is 2.24. The highest BCUT2D eigenvalue weighted by Crippen LogP contribution is 2.28. The zero-order valence-corrected chi connectivity index (χ0v) is 10.5. The first kappa shape index (κ1) is 13.5. The van der Waals surface area contributed by atoms with E-state index < -0.39 is 0 Å². The number of hydrogen-bond acceptors (Lipinski definition) is 3. The van der Waals surface area contributed by atoms with E-state index in [0.29, 0.717) is 6.54 Å². The molecular weight excluding hydrogens is 206 g/mol. The normalized spacial score (nSPS) is 25.8. The van der Waals surface area contributed by atoms with Crippen LogP contribution in [0.2, 0.25) is 0 Å². The van der Waals surface area contributed by atoms with E-state index in [0.717, 1.165) is 31.6 Å². The van der Waals surface area contributed by atoms with Crippen molar-refractivity contribution in [1.82, 2.24) is 5.32 Å². The van der Waals surface area contributed by atoms with Crippen LogP contribution in [-0.2, 0) is 14.3 Å². The molecule has 0 saturated heterocycles. The molecule has 4 nitrogen and oxygen atoms in total. The van der Waals surface area contributed by atoms with Crippen molar-refractivity contribution < 1.29 is 14.3 Å². The molecule has 0 bridgehead atoms. The van der Waals surface area contributed by atoms with Crippen LogP contribution >= 0.6 is 0 Å². The molecule has 1 aliphatic carbocycles. The lowest BCUT2D eigenvalue weighted by Crippen LogP contribution is -2.38. The Labute approximate surface area is 97.7 Å². The van der Waals surface area contributed by atoms with Gasteiger partial charge in [-0.2, -0.15) is 0 Å². The van der Waals surface area contributed by atoms with Crippen molar-refractivity contribution >= 4 is 5.91 Å². The third kappa shape index (κ3) is 4.10. The molecule has 0 aromatic carbocycles. The highest BCUT2D eigenvalue weighted by atomic mass is 16.7. The summed E-state index contributed by atoms with van der Waals surface area (Å²) in [7, 11) is 3.14. The summed E-state index contributed by atoms with van der Waals surface area (Å²) in [5, 5.41) is 2.88. The lowest BCUT2D eigenvalue weighted by Gasteiger charge is -2.25. The highest BCUT2D eigenvalue weighted by molar-refractivity contribution is 5.78. The topological polar surface area (TPSA) is 47.6 Å². The van der Waals surface area contributed by atoms with E-state index in [9.17, 15) is 4.79 Å². The van der Waals surface area contributed by atoms with E-state index in [1.807, 2.05) is 0 Å². The largest absolute Gasteiger partial charge is 0.354 e. The number of ether oxygens (including phenoxy) is 2. The standard InChI is InChI=1S/C12H23NO3/c1-9-4-6-10(7-5-9)12(14)13-8-11(15-2)16-3/h9-11H,4-8H2,1-3H3,(H,13,14). The molecule has 1 rings (SSSR count). The van der Waals surface area contributed by atoms with Crippen molar-refractivity contribution in [2.24, 2.45) is 11.8 Å². The van der Waals surface area contributed by atoms with Crippen LogP contribution in [0.25, 0.3) is 0 Å². The number of hydrogen-bond donors (Lipinski definition) is 1. The summed E-state index contributed by atoms with van der Waals surface area (Å²) in [6.45, 7) is 2.68. The Balaban J connectivity index is 2.24. The van der Waals surface area contributed by atoms with E-state index >= 15 is 0 Å². The van der Waals surface area contributed by atoms with Crippen molar-refractivity contribution in [2.45, 2.75) is 38.9 Å². The second-order valence-corrected chi connectivity index (χ2v) is 4.60. The number of nitrogens with one attached hydrogen (secondary N) is 1. The summed E-state index contributed by atoms with van der Waals surface area (Å²) in [5.41, 5.74) is 0. The molecule has 0 aliphatic heterocycles. The lowest BCUT2D eigenvalue weighted by molar-refractivity contribution is -0.131. The summed E-state index contributed by atoms with van der Waals surface area (Å²) in [6, 6.07) is 0. The Morgan fingerprint density at radius 1 is 1.25 bits per heavy atom. The molecule has 0 heterocycles. The number of carbonyl (C=O) groups excluding carboxylic acids is 1. The van der Waals surface area contributed by atoms with Gasteiger partial charge >= 0.3 is 0 Å². The molecule has 1 aliphatic rings. The quantitative estimate of drug-likeness (QED) is 0.728. The van der Waals surface area contributed by atoms with Crippen LogP contribution in [0, 0.1) is 11.8 Å². The average molecular weight is 229 g/mol. The number of rotatable bonds is 5. The van der Waals surface area contributed by atoms with Gasteiger partial charge in [-0.1, -0.05) is 6.92 Å². The van der Waals surface area contributed by atoms with E-state index in [4.69, 9.17) is 9.47 Å². The summed E-state index contributed by atoms with van der Waals surface area (Å²) in [4.78, 5) is 11.8.